The van der Waals surface area contributed by atoms with Crippen LogP contribution in [-0.2, 0) is 4.74 Å². The number of hydrazine groups is 1. The number of nitrogens with zero attached hydrogens (tertiary/aromatic N) is 1. The second kappa shape index (κ2) is 6.79. The van der Waals surface area contributed by atoms with Crippen molar-refractivity contribution in [1.29, 1.82) is 0 Å². The minimum absolute atomic E-state index is 0.110. The monoisotopic (exact) mass is 272 g/mol. The van der Waals surface area contributed by atoms with Crippen molar-refractivity contribution in [1.82, 2.24) is 10.4 Å². The van der Waals surface area contributed by atoms with Crippen LogP contribution in [0.15, 0.2) is 24.3 Å². The molecule has 4 nitrogen and oxygen atoms in total. The minimum Gasteiger partial charge on any atom is -0.435 e. The molecule has 1 saturated heterocycles. The van der Waals surface area contributed by atoms with Gasteiger partial charge in [0.15, 0.2) is 0 Å². The van der Waals surface area contributed by atoms with E-state index in [0.29, 0.717) is 0 Å². The van der Waals surface area contributed by atoms with Gasteiger partial charge in [0.05, 0.1) is 13.2 Å². The molecule has 1 heterocycles. The van der Waals surface area contributed by atoms with Gasteiger partial charge in [-0.15, -0.1) is 0 Å². The van der Waals surface area contributed by atoms with Crippen LogP contribution in [0.3, 0.4) is 0 Å². The van der Waals surface area contributed by atoms with Gasteiger partial charge in [-0.2, -0.15) is 8.78 Å². The van der Waals surface area contributed by atoms with Gasteiger partial charge in [-0.05, 0) is 24.6 Å². The molecule has 6 heteroatoms. The van der Waals surface area contributed by atoms with Crippen molar-refractivity contribution in [2.24, 2.45) is 0 Å². The van der Waals surface area contributed by atoms with Crippen LogP contribution in [0.1, 0.15) is 18.5 Å². The molecule has 0 saturated carbocycles. The van der Waals surface area contributed by atoms with Gasteiger partial charge in [0.2, 0.25) is 0 Å². The maximum atomic E-state index is 12.0. The van der Waals surface area contributed by atoms with E-state index in [1.807, 2.05) is 6.92 Å². The predicted octanol–water partition coefficient (Wildman–Crippen LogP) is 2.19. The average Bonchev–Trinajstić information content (AvgIpc) is 2.40. The molecule has 0 radical (unpaired) electrons. The largest absolute Gasteiger partial charge is 0.435 e. The lowest BCUT2D eigenvalue weighted by Gasteiger charge is -2.30. The number of rotatable bonds is 5. The first-order valence-corrected chi connectivity index (χ1v) is 6.29. The fraction of sp³-hybridized carbons (Fsp3) is 0.538. The van der Waals surface area contributed by atoms with Crippen LogP contribution in [0.5, 0.6) is 5.75 Å². The molecule has 1 aromatic rings. The molecule has 1 aliphatic heterocycles. The molecule has 1 N–H and O–H groups in total. The van der Waals surface area contributed by atoms with Crippen LogP contribution in [0.4, 0.5) is 8.78 Å². The van der Waals surface area contributed by atoms with Crippen LogP contribution >= 0.6 is 0 Å². The first-order valence-electron chi connectivity index (χ1n) is 6.29. The molecule has 1 fully saturated rings. The van der Waals surface area contributed by atoms with E-state index < -0.39 is 6.61 Å². The zero-order valence-electron chi connectivity index (χ0n) is 10.8. The third-order valence-corrected chi connectivity index (χ3v) is 2.99. The summed E-state index contributed by atoms with van der Waals surface area (Å²) in [7, 11) is 0. The highest BCUT2D eigenvalue weighted by atomic mass is 19.3. The van der Waals surface area contributed by atoms with Crippen molar-refractivity contribution in [3.05, 3.63) is 29.8 Å². The van der Waals surface area contributed by atoms with Gasteiger partial charge in [-0.1, -0.05) is 12.1 Å². The van der Waals surface area contributed by atoms with Gasteiger partial charge >= 0.3 is 6.61 Å². The van der Waals surface area contributed by atoms with Gasteiger partial charge in [-0.25, -0.2) is 10.4 Å². The second-order valence-electron chi connectivity index (χ2n) is 4.40. The summed E-state index contributed by atoms with van der Waals surface area (Å²) in [5, 5.41) is 2.11. The number of ether oxygens (including phenoxy) is 2. The zero-order chi connectivity index (χ0) is 13.7. The molecule has 1 aromatic carbocycles. The fourth-order valence-corrected chi connectivity index (χ4v) is 1.98. The van der Waals surface area contributed by atoms with Crippen molar-refractivity contribution in [2.45, 2.75) is 19.6 Å². The number of hydrogen-bond acceptors (Lipinski definition) is 4. The molecule has 106 valence electrons. The van der Waals surface area contributed by atoms with Crippen molar-refractivity contribution in [3.8, 4) is 5.75 Å². The van der Waals surface area contributed by atoms with Crippen LogP contribution in [0, 0.1) is 0 Å². The summed E-state index contributed by atoms with van der Waals surface area (Å²) in [6, 6.07) is 6.79. The van der Waals surface area contributed by atoms with E-state index in [2.05, 4.69) is 15.2 Å². The molecule has 1 unspecified atom stereocenters. The Kier molecular flexibility index (Phi) is 5.07. The SMILES string of the molecule is CC(NN1CCOCC1)c1ccc(OC(F)F)cc1. The van der Waals surface area contributed by atoms with Gasteiger partial charge in [0.25, 0.3) is 0 Å². The van der Waals surface area contributed by atoms with E-state index in [4.69, 9.17) is 4.74 Å². The van der Waals surface area contributed by atoms with Gasteiger partial charge < -0.3 is 9.47 Å². The van der Waals surface area contributed by atoms with Gasteiger partial charge in [0.1, 0.15) is 5.75 Å². The first kappa shape index (κ1) is 14.2. The number of benzene rings is 1. The Morgan fingerprint density at radius 1 is 1.21 bits per heavy atom. The smallest absolute Gasteiger partial charge is 0.387 e. The highest BCUT2D eigenvalue weighted by Gasteiger charge is 2.14. The second-order valence-corrected chi connectivity index (χ2v) is 4.40. The molecule has 1 atom stereocenters. The van der Waals surface area contributed by atoms with Crippen LogP contribution in [0.25, 0.3) is 0 Å². The zero-order valence-corrected chi connectivity index (χ0v) is 10.8. The van der Waals surface area contributed by atoms with E-state index in [0.717, 1.165) is 31.9 Å². The fourth-order valence-electron chi connectivity index (χ4n) is 1.98. The average molecular weight is 272 g/mol. The summed E-state index contributed by atoms with van der Waals surface area (Å²) in [5.74, 6) is 0.178. The highest BCUT2D eigenvalue weighted by molar-refractivity contribution is 5.28. The van der Waals surface area contributed by atoms with E-state index >= 15 is 0 Å². The Morgan fingerprint density at radius 2 is 1.84 bits per heavy atom. The molecular formula is C13H18F2N2O2. The number of halogens is 2. The molecule has 0 amide bonds. The molecule has 2 rings (SSSR count). The van der Waals surface area contributed by atoms with E-state index in [9.17, 15) is 8.78 Å². The molecule has 0 bridgehead atoms. The summed E-state index contributed by atoms with van der Waals surface area (Å²) < 4.78 is 33.7. The molecule has 0 aromatic heterocycles. The number of morpholine rings is 1. The lowest BCUT2D eigenvalue weighted by atomic mass is 10.1. The lowest BCUT2D eigenvalue weighted by molar-refractivity contribution is -0.0498. The van der Waals surface area contributed by atoms with Crippen LogP contribution < -0.4 is 10.2 Å². The molecule has 1 aliphatic rings. The minimum atomic E-state index is -2.78. The molecular weight excluding hydrogens is 254 g/mol. The van der Waals surface area contributed by atoms with Crippen LogP contribution in [-0.4, -0.2) is 37.9 Å². The van der Waals surface area contributed by atoms with E-state index in [1.54, 1.807) is 24.3 Å². The highest BCUT2D eigenvalue weighted by Crippen LogP contribution is 2.19. The quantitative estimate of drug-likeness (QED) is 0.891. The van der Waals surface area contributed by atoms with Crippen molar-refractivity contribution in [2.75, 3.05) is 26.3 Å². The molecule has 19 heavy (non-hydrogen) atoms. The van der Waals surface area contributed by atoms with E-state index in [-0.39, 0.29) is 11.8 Å². The summed E-state index contributed by atoms with van der Waals surface area (Å²) >= 11 is 0. The Hall–Kier alpha value is -1.24. The third kappa shape index (κ3) is 4.41. The number of hydrogen-bond donors (Lipinski definition) is 1. The molecule has 0 spiro atoms. The summed E-state index contributed by atoms with van der Waals surface area (Å²) in [6.45, 7) is 2.38. The van der Waals surface area contributed by atoms with Crippen molar-refractivity contribution >= 4 is 0 Å². The molecule has 0 aliphatic carbocycles. The summed E-state index contributed by atoms with van der Waals surface area (Å²) in [4.78, 5) is 0. The van der Waals surface area contributed by atoms with E-state index in [1.165, 1.54) is 0 Å². The Labute approximate surface area is 111 Å². The topological polar surface area (TPSA) is 33.7 Å². The standard InChI is InChI=1S/C13H18F2N2O2/c1-10(16-17-6-8-18-9-7-17)11-2-4-12(5-3-11)19-13(14)15/h2-5,10,13,16H,6-9H2,1H3. The number of nitrogens with one attached hydrogen (secondary N) is 1. The Morgan fingerprint density at radius 3 is 2.42 bits per heavy atom. The first-order chi connectivity index (χ1) is 9.15. The van der Waals surface area contributed by atoms with Gasteiger partial charge in [-0.3, -0.25) is 0 Å². The van der Waals surface area contributed by atoms with Crippen molar-refractivity contribution < 1.29 is 18.3 Å². The maximum absolute atomic E-state index is 12.0. The normalized spacial score (nSPS) is 18.5. The number of alkyl halides is 2. The summed E-state index contributed by atoms with van der Waals surface area (Å²) in [5.41, 5.74) is 4.38. The maximum Gasteiger partial charge on any atom is 0.387 e. The van der Waals surface area contributed by atoms with Gasteiger partial charge in [0, 0.05) is 19.1 Å². The Balaban J connectivity index is 1.89. The van der Waals surface area contributed by atoms with Crippen LogP contribution in [0.2, 0.25) is 0 Å². The Bertz CT molecular complexity index is 381. The third-order valence-electron chi connectivity index (χ3n) is 2.99. The van der Waals surface area contributed by atoms with Crippen molar-refractivity contribution in [3.63, 3.8) is 0 Å². The lowest BCUT2D eigenvalue weighted by Crippen LogP contribution is -2.46. The summed E-state index contributed by atoms with van der Waals surface area (Å²) in [6.07, 6.45) is 0. The predicted molar refractivity (Wildman–Crippen MR) is 67.0 cm³/mol.